The van der Waals surface area contributed by atoms with Crippen molar-refractivity contribution < 1.29 is 0 Å². The van der Waals surface area contributed by atoms with Crippen LogP contribution in [-0.2, 0) is 5.41 Å². The first kappa shape index (κ1) is 12.2. The Kier molecular flexibility index (Phi) is 2.60. The number of H-pyrrole nitrogens is 3. The Hall–Kier alpha value is -1.89. The molecule has 7 heteroatoms. The Labute approximate surface area is 108 Å². The van der Waals surface area contributed by atoms with E-state index >= 15 is 0 Å². The van der Waals surface area contributed by atoms with Crippen LogP contribution in [0.1, 0.15) is 26.1 Å². The van der Waals surface area contributed by atoms with E-state index in [1.54, 1.807) is 0 Å². The van der Waals surface area contributed by atoms with Crippen LogP contribution in [-0.4, -0.2) is 33.0 Å². The van der Waals surface area contributed by atoms with E-state index in [1.807, 2.05) is 0 Å². The lowest BCUT2D eigenvalue weighted by Gasteiger charge is -2.30. The first-order valence-corrected chi connectivity index (χ1v) is 6.46. The molecule has 1 fully saturated rings. The van der Waals surface area contributed by atoms with Gasteiger partial charge in [0.05, 0.1) is 0 Å². The molecule has 0 aliphatic carbocycles. The van der Waals surface area contributed by atoms with Gasteiger partial charge in [-0.25, -0.2) is 9.78 Å². The largest absolute Gasteiger partial charge is 0.336 e. The van der Waals surface area contributed by atoms with E-state index in [2.05, 4.69) is 39.1 Å². The monoisotopic (exact) mass is 263 g/mol. The summed E-state index contributed by atoms with van der Waals surface area (Å²) in [5.41, 5.74) is -0.402. The van der Waals surface area contributed by atoms with E-state index in [-0.39, 0.29) is 5.41 Å². The summed E-state index contributed by atoms with van der Waals surface area (Å²) in [7, 11) is 0. The summed E-state index contributed by atoms with van der Waals surface area (Å²) in [6.07, 6.45) is 0.965. The normalized spacial score (nSPS) is 23.5. The van der Waals surface area contributed by atoms with Gasteiger partial charge in [0.25, 0.3) is 5.56 Å². The molecular formula is C12H17N5O2. The second-order valence-electron chi connectivity index (χ2n) is 5.45. The van der Waals surface area contributed by atoms with Crippen LogP contribution in [0.4, 0.5) is 0 Å². The Morgan fingerprint density at radius 2 is 2.00 bits per heavy atom. The van der Waals surface area contributed by atoms with E-state index in [0.29, 0.717) is 17.1 Å². The van der Waals surface area contributed by atoms with Crippen LogP contribution in [0.5, 0.6) is 0 Å². The number of rotatable bonds is 2. The molecule has 102 valence electrons. The molecule has 2 aromatic rings. The molecule has 1 aliphatic heterocycles. The number of aromatic amines is 3. The fourth-order valence-electron chi connectivity index (χ4n) is 2.85. The molecule has 1 aliphatic rings. The van der Waals surface area contributed by atoms with Gasteiger partial charge in [0, 0.05) is 12.0 Å². The molecule has 0 amide bonds. The molecule has 3 rings (SSSR count). The average Bonchev–Trinajstić information content (AvgIpc) is 2.93. The summed E-state index contributed by atoms with van der Waals surface area (Å²) < 4.78 is 0. The molecule has 0 aromatic carbocycles. The Morgan fingerprint density at radius 1 is 1.21 bits per heavy atom. The van der Waals surface area contributed by atoms with Gasteiger partial charge in [0.15, 0.2) is 5.65 Å². The quantitative estimate of drug-likeness (QED) is 0.603. The first-order chi connectivity index (χ1) is 9.03. The van der Waals surface area contributed by atoms with Gasteiger partial charge in [-0.1, -0.05) is 13.8 Å². The van der Waals surface area contributed by atoms with Crippen molar-refractivity contribution in [2.75, 3.05) is 13.1 Å². The van der Waals surface area contributed by atoms with Crippen LogP contribution < -0.4 is 16.6 Å². The fourth-order valence-corrected chi connectivity index (χ4v) is 2.85. The molecule has 1 atom stereocenters. The molecule has 3 heterocycles. The highest BCUT2D eigenvalue weighted by Crippen LogP contribution is 2.36. The van der Waals surface area contributed by atoms with E-state index in [4.69, 9.17) is 0 Å². The van der Waals surface area contributed by atoms with Crippen LogP contribution in [0.15, 0.2) is 9.59 Å². The maximum atomic E-state index is 11.7. The average molecular weight is 263 g/mol. The molecule has 1 saturated heterocycles. The molecule has 0 bridgehead atoms. The summed E-state index contributed by atoms with van der Waals surface area (Å²) in [4.78, 5) is 35.3. The molecular weight excluding hydrogens is 246 g/mol. The van der Waals surface area contributed by atoms with E-state index in [9.17, 15) is 9.59 Å². The Balaban J connectivity index is 2.23. The molecule has 7 nitrogen and oxygen atoms in total. The van der Waals surface area contributed by atoms with Crippen molar-refractivity contribution in [1.29, 1.82) is 0 Å². The molecule has 0 radical (unpaired) electrons. The molecule has 0 saturated carbocycles. The van der Waals surface area contributed by atoms with Crippen LogP contribution in [0, 0.1) is 5.92 Å². The lowest BCUT2D eigenvalue weighted by molar-refractivity contribution is 0.320. The van der Waals surface area contributed by atoms with Crippen molar-refractivity contribution in [3.8, 4) is 0 Å². The second-order valence-corrected chi connectivity index (χ2v) is 5.45. The molecule has 0 spiro atoms. The Bertz CT molecular complexity index is 718. The van der Waals surface area contributed by atoms with Gasteiger partial charge >= 0.3 is 5.69 Å². The van der Waals surface area contributed by atoms with Crippen molar-refractivity contribution in [1.82, 2.24) is 25.3 Å². The number of fused-ring (bicyclic) bond motifs is 1. The Morgan fingerprint density at radius 3 is 2.63 bits per heavy atom. The van der Waals surface area contributed by atoms with Crippen molar-refractivity contribution in [2.45, 2.75) is 25.7 Å². The van der Waals surface area contributed by atoms with Crippen molar-refractivity contribution in [3.63, 3.8) is 0 Å². The summed E-state index contributed by atoms with van der Waals surface area (Å²) in [5, 5.41) is 3.35. The second kappa shape index (κ2) is 4.06. The first-order valence-electron chi connectivity index (χ1n) is 6.46. The van der Waals surface area contributed by atoms with Gasteiger partial charge in [-0.15, -0.1) is 0 Å². The zero-order valence-corrected chi connectivity index (χ0v) is 11.0. The van der Waals surface area contributed by atoms with Crippen LogP contribution in [0.2, 0.25) is 0 Å². The number of imidazole rings is 1. The van der Waals surface area contributed by atoms with Crippen molar-refractivity contribution in [3.05, 3.63) is 26.7 Å². The summed E-state index contributed by atoms with van der Waals surface area (Å²) >= 11 is 0. The minimum atomic E-state index is -0.529. The number of nitrogens with zero attached hydrogens (tertiary/aromatic N) is 1. The predicted octanol–water partition coefficient (Wildman–Crippen LogP) is -0.173. The highest BCUT2D eigenvalue weighted by atomic mass is 16.2. The van der Waals surface area contributed by atoms with Gasteiger partial charge in [-0.05, 0) is 18.9 Å². The smallest absolute Gasteiger partial charge is 0.327 e. The molecule has 2 aromatic heterocycles. The van der Waals surface area contributed by atoms with E-state index < -0.39 is 11.2 Å². The van der Waals surface area contributed by atoms with Crippen molar-refractivity contribution in [2.24, 2.45) is 5.92 Å². The summed E-state index contributed by atoms with van der Waals surface area (Å²) in [5.74, 6) is 1.16. The van der Waals surface area contributed by atoms with Gasteiger partial charge in [0.1, 0.15) is 11.3 Å². The van der Waals surface area contributed by atoms with Crippen LogP contribution >= 0.6 is 0 Å². The van der Waals surface area contributed by atoms with E-state index in [1.165, 1.54) is 0 Å². The van der Waals surface area contributed by atoms with Crippen LogP contribution in [0.25, 0.3) is 11.2 Å². The molecule has 4 N–H and O–H groups in total. The third-order valence-electron chi connectivity index (χ3n) is 4.15. The third-order valence-corrected chi connectivity index (χ3v) is 4.15. The number of hydrogen-bond donors (Lipinski definition) is 4. The number of hydrogen-bond acceptors (Lipinski definition) is 4. The number of nitrogens with one attached hydrogen (secondary N) is 4. The SMILES string of the molecule is CC(C)C1(c2nc3[nH]c(=O)[nH]c(=O)c3[nH]2)CCNC1. The lowest BCUT2D eigenvalue weighted by Crippen LogP contribution is -2.35. The van der Waals surface area contributed by atoms with Gasteiger partial charge in [0.2, 0.25) is 0 Å². The van der Waals surface area contributed by atoms with Gasteiger partial charge < -0.3 is 10.3 Å². The van der Waals surface area contributed by atoms with Crippen molar-refractivity contribution >= 4 is 11.2 Å². The topological polar surface area (TPSA) is 106 Å². The lowest BCUT2D eigenvalue weighted by atomic mass is 9.76. The minimum Gasteiger partial charge on any atom is -0.336 e. The summed E-state index contributed by atoms with van der Waals surface area (Å²) in [6.45, 7) is 6.05. The molecule has 1 unspecified atom stereocenters. The highest BCUT2D eigenvalue weighted by Gasteiger charge is 2.41. The third kappa shape index (κ3) is 1.73. The number of aromatic nitrogens is 4. The zero-order valence-electron chi connectivity index (χ0n) is 11.0. The zero-order chi connectivity index (χ0) is 13.6. The predicted molar refractivity (Wildman–Crippen MR) is 71.3 cm³/mol. The van der Waals surface area contributed by atoms with Gasteiger partial charge in [-0.2, -0.15) is 0 Å². The standard InChI is InChI=1S/C12H17N5O2/c1-6(2)12(3-4-13-5-12)10-14-7-8(15-10)16-11(19)17-9(7)18/h6,13H,3-5H2,1-2H3,(H3,14,15,16,17,18,19). The minimum absolute atomic E-state index is 0.109. The van der Waals surface area contributed by atoms with Gasteiger partial charge in [-0.3, -0.25) is 14.8 Å². The van der Waals surface area contributed by atoms with E-state index in [0.717, 1.165) is 25.3 Å². The highest BCUT2D eigenvalue weighted by molar-refractivity contribution is 5.69. The summed E-state index contributed by atoms with van der Waals surface area (Å²) in [6, 6.07) is 0. The fraction of sp³-hybridized carbons (Fsp3) is 0.583. The maximum absolute atomic E-state index is 11.7. The van der Waals surface area contributed by atoms with Crippen LogP contribution in [0.3, 0.4) is 0 Å². The molecule has 19 heavy (non-hydrogen) atoms. The maximum Gasteiger partial charge on any atom is 0.327 e.